The van der Waals surface area contributed by atoms with Gasteiger partial charge in [0.05, 0.1) is 27.1 Å². The highest BCUT2D eigenvalue weighted by Gasteiger charge is 2.24. The van der Waals surface area contributed by atoms with Gasteiger partial charge in [-0.05, 0) is 54.3 Å². The first-order chi connectivity index (χ1) is 20.0. The maximum Gasteiger partial charge on any atom is 0.256 e. The van der Waals surface area contributed by atoms with Crippen molar-refractivity contribution in [3.63, 3.8) is 0 Å². The molecule has 1 aromatic heterocycles. The Labute approximate surface area is 246 Å². The number of ketones is 1. The number of rotatable bonds is 8. The third-order valence-corrected chi connectivity index (χ3v) is 9.22. The zero-order chi connectivity index (χ0) is 28.2. The fourth-order valence-corrected chi connectivity index (χ4v) is 6.89. The van der Waals surface area contributed by atoms with Crippen LogP contribution in [-0.2, 0) is 0 Å². The summed E-state index contributed by atoms with van der Waals surface area (Å²) in [4.78, 5) is 45.5. The maximum absolute atomic E-state index is 13.2. The number of amides is 2. The van der Waals surface area contributed by atoms with Gasteiger partial charge in [-0.25, -0.2) is 4.98 Å². The number of benzene rings is 4. The highest BCUT2D eigenvalue weighted by molar-refractivity contribution is 8.01. The average molecular weight is 578 g/mol. The van der Waals surface area contributed by atoms with Crippen LogP contribution in [-0.4, -0.2) is 46.3 Å². The van der Waals surface area contributed by atoms with Crippen molar-refractivity contribution in [3.8, 4) is 11.1 Å². The van der Waals surface area contributed by atoms with Crippen LogP contribution in [0.3, 0.4) is 0 Å². The van der Waals surface area contributed by atoms with Gasteiger partial charge in [-0.1, -0.05) is 78.5 Å². The first kappa shape index (κ1) is 26.9. The molecule has 0 spiro atoms. The minimum atomic E-state index is -0.324. The van der Waals surface area contributed by atoms with Crippen LogP contribution in [0.1, 0.15) is 43.9 Å². The molecular weight excluding hydrogens is 551 g/mol. The molecule has 1 fully saturated rings. The van der Waals surface area contributed by atoms with Gasteiger partial charge in [-0.3, -0.25) is 14.4 Å². The number of thioether (sulfide) groups is 1. The summed E-state index contributed by atoms with van der Waals surface area (Å²) in [5, 5.41) is 2.94. The van der Waals surface area contributed by atoms with Crippen molar-refractivity contribution in [3.05, 3.63) is 114 Å². The zero-order valence-corrected chi connectivity index (χ0v) is 23.8. The van der Waals surface area contributed by atoms with E-state index >= 15 is 0 Å². The molecular formula is C33H27N3O3S2. The molecule has 1 N–H and O–H groups in total. The van der Waals surface area contributed by atoms with Crippen molar-refractivity contribution in [2.75, 3.05) is 24.2 Å². The number of hydrogen-bond donors (Lipinski definition) is 1. The second-order valence-corrected chi connectivity index (χ2v) is 12.1. The number of nitrogens with zero attached hydrogens (tertiary/aromatic N) is 2. The average Bonchev–Trinajstić information content (AvgIpc) is 3.70. The molecule has 1 aliphatic heterocycles. The second kappa shape index (κ2) is 12.1. The predicted molar refractivity (Wildman–Crippen MR) is 166 cm³/mol. The quantitative estimate of drug-likeness (QED) is 0.153. The van der Waals surface area contributed by atoms with Crippen molar-refractivity contribution in [2.24, 2.45) is 0 Å². The van der Waals surface area contributed by atoms with Crippen LogP contribution in [0.5, 0.6) is 0 Å². The SMILES string of the molecule is O=C(CSc1nc2ccc(NC(=O)c3ccccc3C(=O)N3CCCC3)cc2s1)c1ccc(-c2ccccc2)cc1. The van der Waals surface area contributed by atoms with Gasteiger partial charge in [0, 0.05) is 24.3 Å². The van der Waals surface area contributed by atoms with E-state index in [0.29, 0.717) is 22.4 Å². The molecule has 2 amide bonds. The van der Waals surface area contributed by atoms with E-state index < -0.39 is 0 Å². The standard InChI is InChI=1S/C33H27N3O3S2/c37-29(24-14-12-23(13-15-24)22-8-2-1-3-9-22)21-40-33-35-28-17-16-25(20-30(28)41-33)34-31(38)26-10-4-5-11-27(26)32(39)36-18-6-7-19-36/h1-5,8-17,20H,6-7,18-19,21H2,(H,34,38). The van der Waals surface area contributed by atoms with Crippen molar-refractivity contribution < 1.29 is 14.4 Å². The fourth-order valence-electron chi connectivity index (χ4n) is 4.89. The van der Waals surface area contributed by atoms with Crippen LogP contribution in [0.25, 0.3) is 21.3 Å². The van der Waals surface area contributed by atoms with Crippen LogP contribution in [0.2, 0.25) is 0 Å². The highest BCUT2D eigenvalue weighted by Crippen LogP contribution is 2.32. The van der Waals surface area contributed by atoms with Crippen LogP contribution in [0.4, 0.5) is 5.69 Å². The third kappa shape index (κ3) is 6.09. The summed E-state index contributed by atoms with van der Waals surface area (Å²) in [5.74, 6) is -0.0930. The van der Waals surface area contributed by atoms with Gasteiger partial charge in [-0.2, -0.15) is 0 Å². The van der Waals surface area contributed by atoms with Crippen molar-refractivity contribution in [2.45, 2.75) is 17.2 Å². The monoisotopic (exact) mass is 577 g/mol. The van der Waals surface area contributed by atoms with Crippen LogP contribution < -0.4 is 5.32 Å². The van der Waals surface area contributed by atoms with Crippen molar-refractivity contribution in [1.82, 2.24) is 9.88 Å². The van der Waals surface area contributed by atoms with Crippen LogP contribution in [0, 0.1) is 0 Å². The molecule has 6 rings (SSSR count). The number of aromatic nitrogens is 1. The molecule has 41 heavy (non-hydrogen) atoms. The fraction of sp³-hybridized carbons (Fsp3) is 0.152. The van der Waals surface area contributed by atoms with E-state index in [0.717, 1.165) is 51.6 Å². The molecule has 0 radical (unpaired) electrons. The Morgan fingerprint density at radius 1 is 0.805 bits per heavy atom. The molecule has 4 aromatic carbocycles. The maximum atomic E-state index is 13.2. The van der Waals surface area contributed by atoms with E-state index in [1.54, 1.807) is 35.2 Å². The summed E-state index contributed by atoms with van der Waals surface area (Å²) in [6, 6.07) is 30.3. The molecule has 6 nitrogen and oxygen atoms in total. The largest absolute Gasteiger partial charge is 0.339 e. The molecule has 0 bridgehead atoms. The van der Waals surface area contributed by atoms with Crippen molar-refractivity contribution >= 4 is 56.6 Å². The highest BCUT2D eigenvalue weighted by atomic mass is 32.2. The molecule has 5 aromatic rings. The second-order valence-electron chi connectivity index (χ2n) is 9.82. The van der Waals surface area contributed by atoms with E-state index in [1.807, 2.05) is 66.7 Å². The number of thiazole rings is 1. The lowest BCUT2D eigenvalue weighted by Crippen LogP contribution is -2.29. The Balaban J connectivity index is 1.10. The van der Waals surface area contributed by atoms with Crippen LogP contribution in [0.15, 0.2) is 101 Å². The zero-order valence-electron chi connectivity index (χ0n) is 22.2. The number of likely N-dealkylation sites (tertiary alicyclic amines) is 1. The molecule has 0 unspecified atom stereocenters. The van der Waals surface area contributed by atoms with E-state index in [-0.39, 0.29) is 23.4 Å². The molecule has 204 valence electrons. The molecule has 0 saturated carbocycles. The van der Waals surface area contributed by atoms with Gasteiger partial charge in [-0.15, -0.1) is 11.3 Å². The third-order valence-electron chi connectivity index (χ3n) is 7.06. The number of carbonyl (C=O) groups excluding carboxylic acids is 3. The number of fused-ring (bicyclic) bond motifs is 1. The number of anilines is 1. The number of Topliss-reactive ketones (excluding diaryl/α,β-unsaturated/α-hetero) is 1. The van der Waals surface area contributed by atoms with Gasteiger partial charge in [0.1, 0.15) is 0 Å². The van der Waals surface area contributed by atoms with Gasteiger partial charge in [0.15, 0.2) is 10.1 Å². The Morgan fingerprint density at radius 2 is 1.49 bits per heavy atom. The van der Waals surface area contributed by atoms with E-state index in [9.17, 15) is 14.4 Å². The number of carbonyl (C=O) groups is 3. The van der Waals surface area contributed by atoms with E-state index in [1.165, 1.54) is 23.1 Å². The van der Waals surface area contributed by atoms with E-state index in [2.05, 4.69) is 10.3 Å². The first-order valence-electron chi connectivity index (χ1n) is 13.5. The molecule has 8 heteroatoms. The Bertz CT molecular complexity index is 1730. The Morgan fingerprint density at radius 3 is 2.24 bits per heavy atom. The summed E-state index contributed by atoms with van der Waals surface area (Å²) in [5.41, 5.74) is 5.08. The minimum absolute atomic E-state index is 0.0453. The summed E-state index contributed by atoms with van der Waals surface area (Å²) >= 11 is 2.90. The first-order valence-corrected chi connectivity index (χ1v) is 15.3. The topological polar surface area (TPSA) is 79.4 Å². The van der Waals surface area contributed by atoms with Gasteiger partial charge in [0.25, 0.3) is 11.8 Å². The Hall–Kier alpha value is -4.27. The van der Waals surface area contributed by atoms with Gasteiger partial charge < -0.3 is 10.2 Å². The van der Waals surface area contributed by atoms with Crippen LogP contribution >= 0.6 is 23.1 Å². The van der Waals surface area contributed by atoms with Gasteiger partial charge >= 0.3 is 0 Å². The number of nitrogens with one attached hydrogen (secondary N) is 1. The molecule has 0 aliphatic carbocycles. The summed E-state index contributed by atoms with van der Waals surface area (Å²) < 4.78 is 1.70. The minimum Gasteiger partial charge on any atom is -0.339 e. The molecule has 1 aliphatic rings. The lowest BCUT2D eigenvalue weighted by molar-refractivity contribution is 0.0787. The Kier molecular flexibility index (Phi) is 7.93. The molecule has 0 atom stereocenters. The predicted octanol–water partition coefficient (Wildman–Crippen LogP) is 7.43. The molecule has 1 saturated heterocycles. The van der Waals surface area contributed by atoms with Gasteiger partial charge in [0.2, 0.25) is 0 Å². The summed E-state index contributed by atoms with van der Waals surface area (Å²) in [7, 11) is 0. The smallest absolute Gasteiger partial charge is 0.256 e. The molecule has 2 heterocycles. The number of hydrogen-bond acceptors (Lipinski definition) is 6. The normalized spacial score (nSPS) is 12.9. The lowest BCUT2D eigenvalue weighted by Gasteiger charge is -2.17. The summed E-state index contributed by atoms with van der Waals surface area (Å²) in [6.45, 7) is 1.45. The van der Waals surface area contributed by atoms with Crippen molar-refractivity contribution in [1.29, 1.82) is 0 Å². The summed E-state index contributed by atoms with van der Waals surface area (Å²) in [6.07, 6.45) is 1.98. The lowest BCUT2D eigenvalue weighted by atomic mass is 10.0. The van der Waals surface area contributed by atoms with E-state index in [4.69, 9.17) is 0 Å².